The Bertz CT molecular complexity index is 697. The van der Waals surface area contributed by atoms with Crippen molar-refractivity contribution >= 4 is 15.7 Å². The van der Waals surface area contributed by atoms with Gasteiger partial charge >= 0.3 is 0 Å². The minimum Gasteiger partial charge on any atom is -0.490 e. The van der Waals surface area contributed by atoms with E-state index in [2.05, 4.69) is 9.82 Å². The van der Waals surface area contributed by atoms with Crippen LogP contribution in [0.15, 0.2) is 36.7 Å². The van der Waals surface area contributed by atoms with Gasteiger partial charge in [-0.05, 0) is 12.1 Å². The van der Waals surface area contributed by atoms with Crippen LogP contribution in [0.1, 0.15) is 5.56 Å². The second-order valence-corrected chi connectivity index (χ2v) is 6.47. The van der Waals surface area contributed by atoms with Gasteiger partial charge < -0.3 is 10.5 Å². The summed E-state index contributed by atoms with van der Waals surface area (Å²) in [5.41, 5.74) is 6.99. The number of sulfonamides is 1. The van der Waals surface area contributed by atoms with Crippen LogP contribution in [0.4, 0.5) is 5.69 Å². The van der Waals surface area contributed by atoms with Gasteiger partial charge in [-0.1, -0.05) is 12.1 Å². The first kappa shape index (κ1) is 15.3. The number of ether oxygens (including phenoxy) is 1. The van der Waals surface area contributed by atoms with E-state index in [0.717, 1.165) is 5.56 Å². The first-order valence-electron chi connectivity index (χ1n) is 6.38. The summed E-state index contributed by atoms with van der Waals surface area (Å²) in [7, 11) is -1.63. The number of nitrogens with zero attached hydrogens (tertiary/aromatic N) is 2. The Balaban J connectivity index is 1.80. The Labute approximate surface area is 123 Å². The SMILES string of the molecule is Cn1cc(CNS(=O)(=O)CCOc2ccccc2N)cn1. The summed E-state index contributed by atoms with van der Waals surface area (Å²) in [6, 6.07) is 6.96. The fourth-order valence-electron chi connectivity index (χ4n) is 1.70. The second kappa shape index (κ2) is 6.59. The van der Waals surface area contributed by atoms with Crippen molar-refractivity contribution in [2.45, 2.75) is 6.54 Å². The van der Waals surface area contributed by atoms with E-state index in [1.165, 1.54) is 0 Å². The molecule has 0 aliphatic heterocycles. The van der Waals surface area contributed by atoms with Crippen molar-refractivity contribution in [2.75, 3.05) is 18.1 Å². The highest BCUT2D eigenvalue weighted by molar-refractivity contribution is 7.89. The van der Waals surface area contributed by atoms with E-state index in [1.54, 1.807) is 48.4 Å². The smallest absolute Gasteiger partial charge is 0.215 e. The van der Waals surface area contributed by atoms with E-state index in [0.29, 0.717) is 11.4 Å². The zero-order valence-electron chi connectivity index (χ0n) is 11.7. The lowest BCUT2D eigenvalue weighted by molar-refractivity contribution is 0.342. The van der Waals surface area contributed by atoms with Crippen LogP contribution < -0.4 is 15.2 Å². The van der Waals surface area contributed by atoms with E-state index in [9.17, 15) is 8.42 Å². The van der Waals surface area contributed by atoms with Crippen molar-refractivity contribution in [1.29, 1.82) is 0 Å². The number of anilines is 1. The molecule has 0 spiro atoms. The van der Waals surface area contributed by atoms with Crippen molar-refractivity contribution in [3.8, 4) is 5.75 Å². The largest absolute Gasteiger partial charge is 0.490 e. The average Bonchev–Trinajstić information content (AvgIpc) is 2.85. The first-order chi connectivity index (χ1) is 9.96. The van der Waals surface area contributed by atoms with E-state index < -0.39 is 10.0 Å². The maximum absolute atomic E-state index is 11.8. The predicted octanol–water partition coefficient (Wildman–Crippen LogP) is 0.501. The van der Waals surface area contributed by atoms with Crippen molar-refractivity contribution in [3.05, 3.63) is 42.2 Å². The van der Waals surface area contributed by atoms with Crippen LogP contribution in [0, 0.1) is 0 Å². The van der Waals surface area contributed by atoms with Crippen molar-refractivity contribution in [3.63, 3.8) is 0 Å². The van der Waals surface area contributed by atoms with Crippen LogP contribution in [0.5, 0.6) is 5.75 Å². The number of nitrogen functional groups attached to an aromatic ring is 1. The number of para-hydroxylation sites is 2. The highest BCUT2D eigenvalue weighted by Gasteiger charge is 2.11. The van der Waals surface area contributed by atoms with Crippen LogP contribution in [-0.4, -0.2) is 30.6 Å². The minimum atomic E-state index is -3.41. The molecule has 1 heterocycles. The number of nitrogens with two attached hydrogens (primary N) is 1. The summed E-state index contributed by atoms with van der Waals surface area (Å²) in [5.74, 6) is 0.349. The third-order valence-corrected chi connectivity index (χ3v) is 4.07. The summed E-state index contributed by atoms with van der Waals surface area (Å²) < 4.78 is 33.2. The second-order valence-electron chi connectivity index (χ2n) is 4.55. The van der Waals surface area contributed by atoms with Gasteiger partial charge in [-0.25, -0.2) is 13.1 Å². The lowest BCUT2D eigenvalue weighted by Crippen LogP contribution is -2.28. The van der Waals surface area contributed by atoms with Crippen LogP contribution in [0.3, 0.4) is 0 Å². The summed E-state index contributed by atoms with van der Waals surface area (Å²) in [4.78, 5) is 0. The molecule has 0 unspecified atom stereocenters. The molecular weight excluding hydrogens is 292 g/mol. The van der Waals surface area contributed by atoms with Gasteiger partial charge in [-0.15, -0.1) is 0 Å². The van der Waals surface area contributed by atoms with Gasteiger partial charge in [0.2, 0.25) is 10.0 Å². The number of nitrogens with one attached hydrogen (secondary N) is 1. The maximum atomic E-state index is 11.8. The molecule has 1 aromatic heterocycles. The van der Waals surface area contributed by atoms with Crippen LogP contribution in [0.2, 0.25) is 0 Å². The normalized spacial score (nSPS) is 11.5. The summed E-state index contributed by atoms with van der Waals surface area (Å²) >= 11 is 0. The fraction of sp³-hybridized carbons (Fsp3) is 0.308. The van der Waals surface area contributed by atoms with Crippen molar-refractivity contribution in [1.82, 2.24) is 14.5 Å². The monoisotopic (exact) mass is 310 g/mol. The van der Waals surface area contributed by atoms with E-state index in [4.69, 9.17) is 10.5 Å². The Morgan fingerprint density at radius 3 is 2.81 bits per heavy atom. The maximum Gasteiger partial charge on any atom is 0.215 e. The van der Waals surface area contributed by atoms with Gasteiger partial charge in [-0.3, -0.25) is 4.68 Å². The standard InChI is InChI=1S/C13H18N4O3S/c1-17-10-11(8-15-17)9-16-21(18,19)7-6-20-13-5-3-2-4-12(13)14/h2-5,8,10,16H,6-7,9,14H2,1H3. The van der Waals surface area contributed by atoms with Gasteiger partial charge in [0.05, 0.1) is 17.6 Å². The Morgan fingerprint density at radius 2 is 2.14 bits per heavy atom. The molecule has 0 atom stereocenters. The quantitative estimate of drug-likeness (QED) is 0.726. The molecular formula is C13H18N4O3S. The number of hydrogen-bond acceptors (Lipinski definition) is 5. The first-order valence-corrected chi connectivity index (χ1v) is 8.04. The van der Waals surface area contributed by atoms with Crippen molar-refractivity contribution in [2.24, 2.45) is 7.05 Å². The number of aromatic nitrogens is 2. The molecule has 0 radical (unpaired) electrons. The Morgan fingerprint density at radius 1 is 1.38 bits per heavy atom. The molecule has 0 amide bonds. The molecule has 1 aromatic carbocycles. The topological polar surface area (TPSA) is 99.2 Å². The van der Waals surface area contributed by atoms with Gasteiger partial charge in [0.1, 0.15) is 12.4 Å². The Kier molecular flexibility index (Phi) is 4.81. The highest BCUT2D eigenvalue weighted by atomic mass is 32.2. The fourth-order valence-corrected chi connectivity index (χ4v) is 2.54. The summed E-state index contributed by atoms with van der Waals surface area (Å²) in [6.07, 6.45) is 3.37. The molecule has 0 saturated heterocycles. The zero-order chi connectivity index (χ0) is 15.3. The number of aryl methyl sites for hydroxylation is 1. The van der Waals surface area contributed by atoms with E-state index in [1.807, 2.05) is 0 Å². The van der Waals surface area contributed by atoms with Crippen LogP contribution in [-0.2, 0) is 23.6 Å². The van der Waals surface area contributed by atoms with Gasteiger partial charge in [0, 0.05) is 25.4 Å². The molecule has 0 fully saturated rings. The number of rotatable bonds is 7. The van der Waals surface area contributed by atoms with E-state index in [-0.39, 0.29) is 18.9 Å². The average molecular weight is 310 g/mol. The molecule has 114 valence electrons. The molecule has 3 N–H and O–H groups in total. The van der Waals surface area contributed by atoms with Gasteiger partial charge in [0.25, 0.3) is 0 Å². The third kappa shape index (κ3) is 4.76. The Hall–Kier alpha value is -2.06. The van der Waals surface area contributed by atoms with E-state index >= 15 is 0 Å². The van der Waals surface area contributed by atoms with Crippen LogP contribution in [0.25, 0.3) is 0 Å². The number of benzene rings is 1. The molecule has 21 heavy (non-hydrogen) atoms. The lowest BCUT2D eigenvalue weighted by Gasteiger charge is -2.09. The van der Waals surface area contributed by atoms with Crippen LogP contribution >= 0.6 is 0 Å². The zero-order valence-corrected chi connectivity index (χ0v) is 12.5. The van der Waals surface area contributed by atoms with Gasteiger partial charge in [-0.2, -0.15) is 5.10 Å². The molecule has 2 aromatic rings. The molecule has 8 heteroatoms. The minimum absolute atomic E-state index is 0.0383. The molecule has 7 nitrogen and oxygen atoms in total. The number of hydrogen-bond donors (Lipinski definition) is 2. The molecule has 0 saturated carbocycles. The molecule has 0 bridgehead atoms. The van der Waals surface area contributed by atoms with Crippen molar-refractivity contribution < 1.29 is 13.2 Å². The molecule has 0 aliphatic rings. The predicted molar refractivity (Wildman–Crippen MR) is 80.2 cm³/mol. The summed E-state index contributed by atoms with van der Waals surface area (Å²) in [5, 5.41) is 3.97. The molecule has 2 rings (SSSR count). The highest BCUT2D eigenvalue weighted by Crippen LogP contribution is 2.19. The van der Waals surface area contributed by atoms with Gasteiger partial charge in [0.15, 0.2) is 0 Å². The lowest BCUT2D eigenvalue weighted by atomic mass is 10.3. The summed E-state index contributed by atoms with van der Waals surface area (Å²) in [6.45, 7) is 0.250. The third-order valence-electron chi connectivity index (χ3n) is 2.78. The molecule has 0 aliphatic carbocycles.